The van der Waals surface area contributed by atoms with E-state index in [1.165, 1.54) is 19.1 Å². The molecule has 0 radical (unpaired) electrons. The van der Waals surface area contributed by atoms with Crippen LogP contribution in [0.2, 0.25) is 0 Å². The van der Waals surface area contributed by atoms with E-state index in [9.17, 15) is 14.7 Å². The Hall–Kier alpha value is -4.66. The molecule has 1 N–H and O–H groups in total. The highest BCUT2D eigenvalue weighted by Crippen LogP contribution is 2.45. The van der Waals surface area contributed by atoms with Crippen LogP contribution in [0.3, 0.4) is 0 Å². The molecule has 0 aliphatic carbocycles. The van der Waals surface area contributed by atoms with E-state index in [-0.39, 0.29) is 24.2 Å². The molecule has 38 heavy (non-hydrogen) atoms. The summed E-state index contributed by atoms with van der Waals surface area (Å²) in [6, 6.07) is 15.9. The summed E-state index contributed by atoms with van der Waals surface area (Å²) in [6.45, 7) is 3.91. The summed E-state index contributed by atoms with van der Waals surface area (Å²) < 4.78 is 27.3. The lowest BCUT2D eigenvalue weighted by atomic mass is 9.95. The molecule has 0 saturated carbocycles. The van der Waals surface area contributed by atoms with E-state index in [1.807, 2.05) is 13.8 Å². The third-order valence-electron chi connectivity index (χ3n) is 6.30. The van der Waals surface area contributed by atoms with Crippen molar-refractivity contribution in [2.24, 2.45) is 0 Å². The van der Waals surface area contributed by atoms with Gasteiger partial charge < -0.3 is 28.8 Å². The second kappa shape index (κ2) is 10.0. The lowest BCUT2D eigenvalue weighted by Crippen LogP contribution is -2.29. The number of aliphatic hydroxyl groups is 1. The zero-order valence-corrected chi connectivity index (χ0v) is 21.4. The van der Waals surface area contributed by atoms with Crippen LogP contribution in [0.5, 0.6) is 28.7 Å². The fraction of sp³-hybridized carbons (Fsp3) is 0.241. The molecule has 1 saturated heterocycles. The minimum absolute atomic E-state index is 0.0230. The maximum absolute atomic E-state index is 13.5. The van der Waals surface area contributed by atoms with E-state index in [2.05, 4.69) is 0 Å². The number of ketones is 1. The summed E-state index contributed by atoms with van der Waals surface area (Å²) in [4.78, 5) is 28.3. The van der Waals surface area contributed by atoms with Crippen molar-refractivity contribution in [3.63, 3.8) is 0 Å². The summed E-state index contributed by atoms with van der Waals surface area (Å²) in [5, 5.41) is 11.4. The number of hydrogen-bond acceptors (Lipinski definition) is 8. The Balaban J connectivity index is 1.67. The van der Waals surface area contributed by atoms with E-state index in [0.29, 0.717) is 45.6 Å². The second-order valence-electron chi connectivity index (χ2n) is 9.01. The van der Waals surface area contributed by atoms with E-state index in [0.717, 1.165) is 0 Å². The van der Waals surface area contributed by atoms with Gasteiger partial charge in [0.15, 0.2) is 23.0 Å². The molecule has 1 atom stereocenters. The van der Waals surface area contributed by atoms with E-state index < -0.39 is 17.7 Å². The maximum Gasteiger partial charge on any atom is 0.300 e. The number of benzene rings is 3. The zero-order valence-electron chi connectivity index (χ0n) is 21.4. The van der Waals surface area contributed by atoms with Gasteiger partial charge in [0.05, 0.1) is 31.9 Å². The standard InChI is InChI=1S/C29H27NO8/c1-16(2)38-20-9-5-17(6-10-20)26-25(27(31)18-7-11-21(34-3)23(13-18)35-4)28(32)29(33)30(26)19-8-12-22-24(14-19)37-15-36-22/h5-14,16,26,31H,15H2,1-4H3/b27-25+. The topological polar surface area (TPSA) is 104 Å². The lowest BCUT2D eigenvalue weighted by molar-refractivity contribution is -0.132. The quantitative estimate of drug-likeness (QED) is 0.270. The molecular weight excluding hydrogens is 490 g/mol. The second-order valence-corrected chi connectivity index (χ2v) is 9.01. The molecule has 196 valence electrons. The number of Topliss-reactive ketones (excluding diaryl/α,β-unsaturated/α-hetero) is 1. The number of aliphatic hydroxyl groups excluding tert-OH is 1. The molecule has 2 aliphatic heterocycles. The Bertz CT molecular complexity index is 1430. The number of hydrogen-bond donors (Lipinski definition) is 1. The molecule has 0 spiro atoms. The highest BCUT2D eigenvalue weighted by Gasteiger charge is 2.47. The van der Waals surface area contributed by atoms with Crippen LogP contribution >= 0.6 is 0 Å². The molecule has 1 unspecified atom stereocenters. The third kappa shape index (κ3) is 4.36. The summed E-state index contributed by atoms with van der Waals surface area (Å²) in [6.07, 6.45) is -0.0230. The molecular formula is C29H27NO8. The lowest BCUT2D eigenvalue weighted by Gasteiger charge is -2.26. The van der Waals surface area contributed by atoms with Crippen molar-refractivity contribution in [2.45, 2.75) is 26.0 Å². The number of carbonyl (C=O) groups is 2. The first kappa shape index (κ1) is 25.0. The van der Waals surface area contributed by atoms with Crippen LogP contribution in [0, 0.1) is 0 Å². The Kier molecular flexibility index (Phi) is 6.59. The van der Waals surface area contributed by atoms with Gasteiger partial charge in [0.1, 0.15) is 11.5 Å². The molecule has 9 heteroatoms. The van der Waals surface area contributed by atoms with Crippen LogP contribution in [-0.4, -0.2) is 43.9 Å². The number of anilines is 1. The molecule has 2 heterocycles. The molecule has 3 aromatic carbocycles. The van der Waals surface area contributed by atoms with E-state index in [1.54, 1.807) is 60.7 Å². The number of methoxy groups -OCH3 is 2. The fourth-order valence-electron chi connectivity index (χ4n) is 4.59. The first-order valence-electron chi connectivity index (χ1n) is 12.0. The molecule has 5 rings (SSSR count). The first-order chi connectivity index (χ1) is 18.3. The van der Waals surface area contributed by atoms with Crippen molar-refractivity contribution in [1.29, 1.82) is 0 Å². The summed E-state index contributed by atoms with van der Waals surface area (Å²) in [5.41, 5.74) is 1.28. The van der Waals surface area contributed by atoms with Crippen molar-refractivity contribution < 1.29 is 38.4 Å². The van der Waals surface area contributed by atoms with Gasteiger partial charge in [-0.15, -0.1) is 0 Å². The number of carbonyl (C=O) groups excluding carboxylic acids is 2. The van der Waals surface area contributed by atoms with Crippen LogP contribution in [-0.2, 0) is 9.59 Å². The van der Waals surface area contributed by atoms with Gasteiger partial charge in [-0.25, -0.2) is 0 Å². The van der Waals surface area contributed by atoms with Gasteiger partial charge >= 0.3 is 0 Å². The predicted octanol–water partition coefficient (Wildman–Crippen LogP) is 4.85. The van der Waals surface area contributed by atoms with Crippen LogP contribution in [0.25, 0.3) is 5.76 Å². The highest BCUT2D eigenvalue weighted by molar-refractivity contribution is 6.51. The smallest absolute Gasteiger partial charge is 0.300 e. The largest absolute Gasteiger partial charge is 0.507 e. The first-order valence-corrected chi connectivity index (χ1v) is 12.0. The molecule has 2 aliphatic rings. The summed E-state index contributed by atoms with van der Waals surface area (Å²) >= 11 is 0. The number of amides is 1. The molecule has 9 nitrogen and oxygen atoms in total. The van der Waals surface area contributed by atoms with Crippen LogP contribution < -0.4 is 28.6 Å². The van der Waals surface area contributed by atoms with E-state index >= 15 is 0 Å². The molecule has 1 amide bonds. The molecule has 3 aromatic rings. The Morgan fingerprint density at radius 2 is 1.63 bits per heavy atom. The van der Waals surface area contributed by atoms with Gasteiger partial charge in [0, 0.05) is 17.3 Å². The Morgan fingerprint density at radius 1 is 0.921 bits per heavy atom. The minimum Gasteiger partial charge on any atom is -0.507 e. The van der Waals surface area contributed by atoms with Crippen molar-refractivity contribution in [3.05, 3.63) is 77.4 Å². The number of nitrogens with zero attached hydrogens (tertiary/aromatic N) is 1. The third-order valence-corrected chi connectivity index (χ3v) is 6.30. The fourth-order valence-corrected chi connectivity index (χ4v) is 4.59. The van der Waals surface area contributed by atoms with Gasteiger partial charge in [0.2, 0.25) is 6.79 Å². The van der Waals surface area contributed by atoms with Crippen molar-refractivity contribution in [3.8, 4) is 28.7 Å². The molecule has 0 aromatic heterocycles. The van der Waals surface area contributed by atoms with Gasteiger partial charge in [-0.3, -0.25) is 14.5 Å². The minimum atomic E-state index is -0.920. The number of fused-ring (bicyclic) bond motifs is 1. The van der Waals surface area contributed by atoms with Crippen molar-refractivity contribution >= 4 is 23.1 Å². The highest BCUT2D eigenvalue weighted by atomic mass is 16.7. The van der Waals surface area contributed by atoms with Crippen LogP contribution in [0.1, 0.15) is 31.0 Å². The van der Waals surface area contributed by atoms with Gasteiger partial charge in [-0.2, -0.15) is 0 Å². The maximum atomic E-state index is 13.5. The number of ether oxygens (including phenoxy) is 5. The summed E-state index contributed by atoms with van der Waals surface area (Å²) in [5.74, 6) is 0.547. The van der Waals surface area contributed by atoms with Crippen molar-refractivity contribution in [1.82, 2.24) is 0 Å². The Morgan fingerprint density at radius 3 is 2.32 bits per heavy atom. The van der Waals surface area contributed by atoms with Gasteiger partial charge in [-0.05, 0) is 61.9 Å². The monoisotopic (exact) mass is 517 g/mol. The van der Waals surface area contributed by atoms with Gasteiger partial charge in [-0.1, -0.05) is 12.1 Å². The predicted molar refractivity (Wildman–Crippen MR) is 139 cm³/mol. The van der Waals surface area contributed by atoms with E-state index in [4.69, 9.17) is 23.7 Å². The van der Waals surface area contributed by atoms with Crippen LogP contribution in [0.15, 0.2) is 66.2 Å². The SMILES string of the molecule is COc1ccc(/C(O)=C2\C(=O)C(=O)N(c3ccc4c(c3)OCO4)C2c2ccc(OC(C)C)cc2)cc1OC. The van der Waals surface area contributed by atoms with Gasteiger partial charge in [0.25, 0.3) is 11.7 Å². The zero-order chi connectivity index (χ0) is 27.0. The van der Waals surface area contributed by atoms with Crippen molar-refractivity contribution in [2.75, 3.05) is 25.9 Å². The summed E-state index contributed by atoms with van der Waals surface area (Å²) in [7, 11) is 2.97. The average molecular weight is 518 g/mol. The number of rotatable bonds is 7. The average Bonchev–Trinajstić information content (AvgIpc) is 3.49. The Labute approximate surface area is 219 Å². The molecule has 1 fully saturated rings. The normalized spacial score (nSPS) is 17.7. The molecule has 0 bridgehead atoms. The van der Waals surface area contributed by atoms with Crippen LogP contribution in [0.4, 0.5) is 5.69 Å².